The van der Waals surface area contributed by atoms with Crippen LogP contribution in [0.25, 0.3) is 0 Å². The summed E-state index contributed by atoms with van der Waals surface area (Å²) in [5, 5.41) is 3.78. The molecule has 7 heteroatoms. The lowest BCUT2D eigenvalue weighted by atomic mass is 10.2. The fourth-order valence-corrected chi connectivity index (χ4v) is 3.34. The number of rotatable bonds is 0. The zero-order chi connectivity index (χ0) is 14.5. The van der Waals surface area contributed by atoms with E-state index >= 15 is 0 Å². The molecular formula is C13H6Cl2F3NS. The summed E-state index contributed by atoms with van der Waals surface area (Å²) in [5.41, 5.74) is 0.533. The first-order chi connectivity index (χ1) is 9.36. The molecule has 20 heavy (non-hydrogen) atoms. The van der Waals surface area contributed by atoms with Gasteiger partial charge in [-0.2, -0.15) is 13.2 Å². The van der Waals surface area contributed by atoms with Crippen LogP contribution >= 0.6 is 35.0 Å². The zero-order valence-corrected chi connectivity index (χ0v) is 12.0. The molecule has 0 radical (unpaired) electrons. The summed E-state index contributed by atoms with van der Waals surface area (Å²) in [7, 11) is 0. The number of nitrogens with one attached hydrogen (secondary N) is 1. The third-order valence-corrected chi connectivity index (χ3v) is 4.77. The van der Waals surface area contributed by atoms with Gasteiger partial charge in [0.2, 0.25) is 0 Å². The van der Waals surface area contributed by atoms with Gasteiger partial charge in [0.05, 0.1) is 27.0 Å². The Morgan fingerprint density at radius 3 is 2.45 bits per heavy atom. The number of benzene rings is 2. The largest absolute Gasteiger partial charge is 0.416 e. The summed E-state index contributed by atoms with van der Waals surface area (Å²) in [4.78, 5) is 1.25. The Labute approximate surface area is 127 Å². The van der Waals surface area contributed by atoms with Gasteiger partial charge < -0.3 is 5.32 Å². The maximum atomic E-state index is 12.7. The maximum absolute atomic E-state index is 12.7. The molecule has 0 aromatic heterocycles. The van der Waals surface area contributed by atoms with E-state index in [0.29, 0.717) is 26.3 Å². The van der Waals surface area contributed by atoms with Crippen LogP contribution in [0, 0.1) is 0 Å². The van der Waals surface area contributed by atoms with Crippen molar-refractivity contribution in [2.45, 2.75) is 16.0 Å². The Bertz CT molecular complexity index is 701. The van der Waals surface area contributed by atoms with E-state index in [9.17, 15) is 13.2 Å². The molecule has 0 unspecified atom stereocenters. The minimum Gasteiger partial charge on any atom is -0.352 e. The maximum Gasteiger partial charge on any atom is 0.416 e. The fourth-order valence-electron chi connectivity index (χ4n) is 1.87. The molecule has 3 rings (SSSR count). The van der Waals surface area contributed by atoms with Gasteiger partial charge >= 0.3 is 6.18 Å². The van der Waals surface area contributed by atoms with Crippen molar-refractivity contribution in [3.05, 3.63) is 45.9 Å². The van der Waals surface area contributed by atoms with Crippen molar-refractivity contribution in [3.63, 3.8) is 0 Å². The summed E-state index contributed by atoms with van der Waals surface area (Å²) in [6, 6.07) is 6.90. The van der Waals surface area contributed by atoms with Crippen molar-refractivity contribution in [3.8, 4) is 0 Å². The van der Waals surface area contributed by atoms with Crippen molar-refractivity contribution < 1.29 is 13.2 Å². The number of hydrogen-bond acceptors (Lipinski definition) is 2. The SMILES string of the molecule is FC(F)(F)c1ccc2c(c1)Sc1ccc(Cl)c(Cl)c1N2. The predicted octanol–water partition coefficient (Wildman–Crippen LogP) is 6.22. The minimum atomic E-state index is -4.35. The smallest absolute Gasteiger partial charge is 0.352 e. The van der Waals surface area contributed by atoms with Crippen LogP contribution in [0.4, 0.5) is 24.5 Å². The Kier molecular flexibility index (Phi) is 3.31. The van der Waals surface area contributed by atoms with E-state index in [2.05, 4.69) is 5.32 Å². The third kappa shape index (κ3) is 2.34. The number of alkyl halides is 3. The molecule has 0 aliphatic carbocycles. The van der Waals surface area contributed by atoms with Crippen molar-refractivity contribution in [2.24, 2.45) is 0 Å². The van der Waals surface area contributed by atoms with Crippen LogP contribution in [0.15, 0.2) is 40.1 Å². The van der Waals surface area contributed by atoms with E-state index in [4.69, 9.17) is 23.2 Å². The highest BCUT2D eigenvalue weighted by Crippen LogP contribution is 2.49. The molecule has 0 fully saturated rings. The first-order valence-corrected chi connectivity index (χ1v) is 7.07. The van der Waals surface area contributed by atoms with Crippen LogP contribution in [-0.4, -0.2) is 0 Å². The molecule has 2 aromatic carbocycles. The van der Waals surface area contributed by atoms with E-state index in [0.717, 1.165) is 17.0 Å². The normalized spacial score (nSPS) is 13.4. The van der Waals surface area contributed by atoms with Crippen LogP contribution in [-0.2, 0) is 6.18 Å². The van der Waals surface area contributed by atoms with Crippen LogP contribution in [0.3, 0.4) is 0 Å². The van der Waals surface area contributed by atoms with E-state index in [1.165, 1.54) is 17.8 Å². The average molecular weight is 336 g/mol. The van der Waals surface area contributed by atoms with Crippen LogP contribution in [0.5, 0.6) is 0 Å². The lowest BCUT2D eigenvalue weighted by Crippen LogP contribution is -2.07. The topological polar surface area (TPSA) is 12.0 Å². The van der Waals surface area contributed by atoms with Gasteiger partial charge in [-0.05, 0) is 30.3 Å². The molecule has 1 heterocycles. The van der Waals surface area contributed by atoms with Crippen LogP contribution in [0.1, 0.15) is 5.56 Å². The summed E-state index contributed by atoms with van der Waals surface area (Å²) < 4.78 is 38.1. The quantitative estimate of drug-likeness (QED) is 0.523. The molecule has 1 N–H and O–H groups in total. The fraction of sp³-hybridized carbons (Fsp3) is 0.0769. The second kappa shape index (κ2) is 4.76. The first kappa shape index (κ1) is 13.9. The Balaban J connectivity index is 2.06. The molecule has 1 aliphatic rings. The standard InChI is InChI=1S/C13H6Cl2F3NS/c14-7-2-4-9-12(11(7)15)19-8-3-1-6(13(16,17)18)5-10(8)20-9/h1-5,19H. The van der Waals surface area contributed by atoms with Gasteiger partial charge in [-0.1, -0.05) is 35.0 Å². The van der Waals surface area contributed by atoms with Crippen molar-refractivity contribution in [2.75, 3.05) is 5.32 Å². The third-order valence-electron chi connectivity index (χ3n) is 2.85. The molecule has 1 aliphatic heterocycles. The molecule has 0 atom stereocenters. The highest BCUT2D eigenvalue weighted by Gasteiger charge is 2.32. The monoisotopic (exact) mass is 335 g/mol. The number of hydrogen-bond donors (Lipinski definition) is 1. The van der Waals surface area contributed by atoms with E-state index in [1.54, 1.807) is 12.1 Å². The lowest BCUT2D eigenvalue weighted by Gasteiger charge is -2.23. The molecule has 0 spiro atoms. The average Bonchev–Trinajstić information content (AvgIpc) is 2.40. The minimum absolute atomic E-state index is 0.363. The zero-order valence-electron chi connectivity index (χ0n) is 9.68. The summed E-state index contributed by atoms with van der Waals surface area (Å²) in [6.07, 6.45) is -4.35. The Morgan fingerprint density at radius 1 is 1.00 bits per heavy atom. The van der Waals surface area contributed by atoms with E-state index in [-0.39, 0.29) is 0 Å². The van der Waals surface area contributed by atoms with Crippen molar-refractivity contribution in [1.29, 1.82) is 0 Å². The van der Waals surface area contributed by atoms with E-state index in [1.807, 2.05) is 0 Å². The predicted molar refractivity (Wildman–Crippen MR) is 75.3 cm³/mol. The highest BCUT2D eigenvalue weighted by atomic mass is 35.5. The van der Waals surface area contributed by atoms with Gasteiger partial charge in [-0.3, -0.25) is 0 Å². The summed E-state index contributed by atoms with van der Waals surface area (Å²) >= 11 is 13.3. The molecule has 0 saturated heterocycles. The van der Waals surface area contributed by atoms with Crippen LogP contribution in [0.2, 0.25) is 10.0 Å². The van der Waals surface area contributed by atoms with E-state index < -0.39 is 11.7 Å². The van der Waals surface area contributed by atoms with Gasteiger partial charge in [0.25, 0.3) is 0 Å². The number of halogens is 5. The van der Waals surface area contributed by atoms with Crippen LogP contribution < -0.4 is 5.32 Å². The second-order valence-electron chi connectivity index (χ2n) is 4.17. The Morgan fingerprint density at radius 2 is 1.75 bits per heavy atom. The molecule has 2 aromatic rings. The molecule has 0 saturated carbocycles. The molecular weight excluding hydrogens is 330 g/mol. The molecule has 1 nitrogen and oxygen atoms in total. The number of fused-ring (bicyclic) bond motifs is 2. The van der Waals surface area contributed by atoms with Crippen molar-refractivity contribution in [1.82, 2.24) is 0 Å². The van der Waals surface area contributed by atoms with Gasteiger partial charge in [0.1, 0.15) is 0 Å². The lowest BCUT2D eigenvalue weighted by molar-refractivity contribution is -0.137. The number of anilines is 2. The molecule has 0 amide bonds. The Hall–Kier alpha value is -1.04. The van der Waals surface area contributed by atoms with Gasteiger partial charge in [-0.25, -0.2) is 0 Å². The van der Waals surface area contributed by atoms with Crippen molar-refractivity contribution >= 4 is 46.3 Å². The van der Waals surface area contributed by atoms with Gasteiger partial charge in [-0.15, -0.1) is 0 Å². The van der Waals surface area contributed by atoms with Gasteiger partial charge in [0.15, 0.2) is 0 Å². The first-order valence-electron chi connectivity index (χ1n) is 5.50. The van der Waals surface area contributed by atoms with Gasteiger partial charge in [0, 0.05) is 9.79 Å². The summed E-state index contributed by atoms with van der Waals surface area (Å²) in [6.45, 7) is 0. The highest BCUT2D eigenvalue weighted by molar-refractivity contribution is 7.99. The molecule has 0 bridgehead atoms. The molecule has 104 valence electrons. The summed E-state index contributed by atoms with van der Waals surface area (Å²) in [5.74, 6) is 0. The second-order valence-corrected chi connectivity index (χ2v) is 6.04.